The first-order chi connectivity index (χ1) is 17.9. The Morgan fingerprint density at radius 3 is 2.39 bits per heavy atom. The zero-order valence-corrected chi connectivity index (χ0v) is 23.0. The third-order valence-electron chi connectivity index (χ3n) is 7.50. The van der Waals surface area contributed by atoms with E-state index in [-0.39, 0.29) is 17.4 Å². The molecule has 3 aliphatic rings. The number of amides is 1. The lowest BCUT2D eigenvalue weighted by Crippen LogP contribution is -2.58. The number of nitrogens with one attached hydrogen (secondary N) is 3. The van der Waals surface area contributed by atoms with E-state index in [1.54, 1.807) is 45.0 Å². The highest BCUT2D eigenvalue weighted by molar-refractivity contribution is 7.89. The van der Waals surface area contributed by atoms with Crippen LogP contribution in [0.3, 0.4) is 0 Å². The van der Waals surface area contributed by atoms with Gasteiger partial charge in [0.25, 0.3) is 5.91 Å². The van der Waals surface area contributed by atoms with Crippen LogP contribution in [0.1, 0.15) is 56.8 Å². The Balaban J connectivity index is 1.40. The topological polar surface area (TPSA) is 133 Å². The van der Waals surface area contributed by atoms with E-state index in [9.17, 15) is 18.3 Å². The summed E-state index contributed by atoms with van der Waals surface area (Å²) in [5.74, 6) is 0.782. The number of anilines is 3. The number of hydrogen-bond acceptors (Lipinski definition) is 8. The lowest BCUT2D eigenvalue weighted by Gasteiger charge is -2.41. The molecular formula is C27H37N5O5S. The van der Waals surface area contributed by atoms with Crippen molar-refractivity contribution >= 4 is 33.3 Å². The highest BCUT2D eigenvalue weighted by atomic mass is 32.2. The van der Waals surface area contributed by atoms with Gasteiger partial charge in [-0.05, 0) is 82.2 Å². The molecule has 0 atom stereocenters. The number of sulfonamides is 1. The van der Waals surface area contributed by atoms with Gasteiger partial charge in [-0.25, -0.2) is 18.1 Å². The number of carbonyl (C=O) groups is 1. The van der Waals surface area contributed by atoms with E-state index >= 15 is 0 Å². The SMILES string of the molecule is CC(C)(C)NS(=O)(=O)c1cccc(NC(=O)c2ccc(NC3(CO)COC3)nc2N2CCC3(CC2)CC3)c1. The number of aliphatic hydroxyl groups excluding tert-OH is 1. The molecule has 2 aromatic rings. The minimum atomic E-state index is -3.75. The van der Waals surface area contributed by atoms with E-state index < -0.39 is 21.1 Å². The lowest BCUT2D eigenvalue weighted by molar-refractivity contribution is -0.0651. The standard InChI is InChI=1S/C27H37N5O5S/c1-25(2,3)31-38(35,36)20-6-4-5-19(15-20)28-24(34)21-7-8-22(30-27(16-33)17-37-18-27)29-23(21)32-13-11-26(9-10-26)12-14-32/h4-8,15,31,33H,9-14,16-18H2,1-3H3,(H,28,34)(H,29,30). The van der Waals surface area contributed by atoms with Crippen molar-refractivity contribution < 1.29 is 23.1 Å². The van der Waals surface area contributed by atoms with Crippen molar-refractivity contribution in [1.82, 2.24) is 9.71 Å². The Hall–Kier alpha value is -2.73. The van der Waals surface area contributed by atoms with E-state index in [1.165, 1.54) is 25.0 Å². The number of piperidine rings is 1. The summed E-state index contributed by atoms with van der Waals surface area (Å²) in [4.78, 5) is 20.6. The monoisotopic (exact) mass is 543 g/mol. The highest BCUT2D eigenvalue weighted by Gasteiger charge is 2.45. The van der Waals surface area contributed by atoms with Gasteiger partial charge in [0.2, 0.25) is 10.0 Å². The van der Waals surface area contributed by atoms with Gasteiger partial charge in [-0.2, -0.15) is 0 Å². The summed E-state index contributed by atoms with van der Waals surface area (Å²) in [5, 5.41) is 16.0. The zero-order valence-electron chi connectivity index (χ0n) is 22.2. The Bertz CT molecular complexity index is 1300. The quantitative estimate of drug-likeness (QED) is 0.400. The van der Waals surface area contributed by atoms with E-state index in [0.29, 0.717) is 41.5 Å². The molecule has 4 N–H and O–H groups in total. The normalized spacial score (nSPS) is 20.1. The van der Waals surface area contributed by atoms with Crippen LogP contribution in [-0.4, -0.2) is 68.4 Å². The van der Waals surface area contributed by atoms with Gasteiger partial charge in [0.15, 0.2) is 0 Å². The van der Waals surface area contributed by atoms with Crippen LogP contribution in [-0.2, 0) is 14.8 Å². The van der Waals surface area contributed by atoms with Crippen molar-refractivity contribution in [3.05, 3.63) is 42.0 Å². The summed E-state index contributed by atoms with van der Waals surface area (Å²) < 4.78 is 33.5. The van der Waals surface area contributed by atoms with Crippen LogP contribution in [0.5, 0.6) is 0 Å². The van der Waals surface area contributed by atoms with Crippen LogP contribution in [0.25, 0.3) is 0 Å². The molecule has 10 nitrogen and oxygen atoms in total. The second kappa shape index (κ2) is 9.78. The minimum Gasteiger partial charge on any atom is -0.394 e. The third kappa shape index (κ3) is 5.80. The van der Waals surface area contributed by atoms with Crippen molar-refractivity contribution in [3.63, 3.8) is 0 Å². The van der Waals surface area contributed by atoms with Gasteiger partial charge in [0, 0.05) is 24.3 Å². The second-order valence-corrected chi connectivity index (χ2v) is 13.6. The van der Waals surface area contributed by atoms with Gasteiger partial charge in [0.1, 0.15) is 17.2 Å². The van der Waals surface area contributed by atoms with Crippen molar-refractivity contribution in [3.8, 4) is 0 Å². The van der Waals surface area contributed by atoms with E-state index in [1.807, 2.05) is 0 Å². The first-order valence-corrected chi connectivity index (χ1v) is 14.6. The fourth-order valence-electron chi connectivity index (χ4n) is 5.03. The predicted molar refractivity (Wildman–Crippen MR) is 146 cm³/mol. The van der Waals surface area contributed by atoms with Crippen molar-refractivity contribution in [1.29, 1.82) is 0 Å². The van der Waals surface area contributed by atoms with Crippen LogP contribution < -0.4 is 20.3 Å². The molecule has 0 radical (unpaired) electrons. The number of nitrogens with zero attached hydrogens (tertiary/aromatic N) is 2. The van der Waals surface area contributed by atoms with Gasteiger partial charge in [-0.1, -0.05) is 6.07 Å². The average molecular weight is 544 g/mol. The molecule has 11 heteroatoms. The van der Waals surface area contributed by atoms with Gasteiger partial charge in [-0.15, -0.1) is 0 Å². The molecule has 2 aliphatic heterocycles. The molecule has 0 bridgehead atoms. The largest absolute Gasteiger partial charge is 0.394 e. The molecule has 1 spiro atoms. The summed E-state index contributed by atoms with van der Waals surface area (Å²) in [5.41, 5.74) is 0.0440. The number of benzene rings is 1. The van der Waals surface area contributed by atoms with Crippen LogP contribution >= 0.6 is 0 Å². The van der Waals surface area contributed by atoms with Gasteiger partial charge >= 0.3 is 0 Å². The fourth-order valence-corrected chi connectivity index (χ4v) is 6.49. The number of ether oxygens (including phenoxy) is 1. The third-order valence-corrected chi connectivity index (χ3v) is 9.25. The molecule has 1 aliphatic carbocycles. The number of hydrogen-bond donors (Lipinski definition) is 4. The average Bonchev–Trinajstić information content (AvgIpc) is 3.59. The summed E-state index contributed by atoms with van der Waals surface area (Å²) in [6.07, 6.45) is 4.68. The van der Waals surface area contributed by atoms with E-state index in [4.69, 9.17) is 9.72 Å². The molecule has 5 rings (SSSR count). The van der Waals surface area contributed by atoms with Crippen molar-refractivity contribution in [2.24, 2.45) is 5.41 Å². The maximum absolute atomic E-state index is 13.5. The zero-order chi connectivity index (χ0) is 27.2. The van der Waals surface area contributed by atoms with Crippen molar-refractivity contribution in [2.75, 3.05) is 48.4 Å². The predicted octanol–water partition coefficient (Wildman–Crippen LogP) is 2.96. The minimum absolute atomic E-state index is 0.0749. The number of pyridine rings is 1. The molecule has 3 fully saturated rings. The first kappa shape index (κ1) is 26.9. The Labute approximate surface area is 224 Å². The molecule has 206 valence electrons. The Kier molecular flexibility index (Phi) is 6.91. The molecule has 0 unspecified atom stereocenters. The summed E-state index contributed by atoms with van der Waals surface area (Å²) in [6.45, 7) is 7.65. The number of aliphatic hydroxyl groups is 1. The molecular weight excluding hydrogens is 506 g/mol. The second-order valence-electron chi connectivity index (χ2n) is 11.9. The maximum atomic E-state index is 13.5. The Morgan fingerprint density at radius 2 is 1.82 bits per heavy atom. The summed E-state index contributed by atoms with van der Waals surface area (Å²) >= 11 is 0. The van der Waals surface area contributed by atoms with Crippen molar-refractivity contribution in [2.45, 2.75) is 62.4 Å². The van der Waals surface area contributed by atoms with E-state index in [2.05, 4.69) is 20.3 Å². The van der Waals surface area contributed by atoms with E-state index in [0.717, 1.165) is 25.9 Å². The maximum Gasteiger partial charge on any atom is 0.259 e. The molecule has 38 heavy (non-hydrogen) atoms. The summed E-state index contributed by atoms with van der Waals surface area (Å²) in [6, 6.07) is 9.68. The molecule has 1 amide bonds. The lowest BCUT2D eigenvalue weighted by atomic mass is 9.93. The molecule has 2 saturated heterocycles. The number of carbonyl (C=O) groups excluding carboxylic acids is 1. The number of aromatic nitrogens is 1. The molecule has 3 heterocycles. The summed E-state index contributed by atoms with van der Waals surface area (Å²) in [7, 11) is -3.75. The molecule has 1 aromatic heterocycles. The molecule has 1 aromatic carbocycles. The van der Waals surface area contributed by atoms with Gasteiger partial charge < -0.3 is 25.4 Å². The van der Waals surface area contributed by atoms with Crippen LogP contribution in [0, 0.1) is 5.41 Å². The van der Waals surface area contributed by atoms with Crippen LogP contribution in [0.15, 0.2) is 41.3 Å². The van der Waals surface area contributed by atoms with Gasteiger partial charge in [-0.3, -0.25) is 4.79 Å². The fraction of sp³-hybridized carbons (Fsp3) is 0.556. The Morgan fingerprint density at radius 1 is 1.11 bits per heavy atom. The van der Waals surface area contributed by atoms with Gasteiger partial charge in [0.05, 0.1) is 30.3 Å². The highest BCUT2D eigenvalue weighted by Crippen LogP contribution is 2.54. The molecule has 1 saturated carbocycles. The first-order valence-electron chi connectivity index (χ1n) is 13.1. The number of rotatable bonds is 8. The smallest absolute Gasteiger partial charge is 0.259 e. The van der Waals surface area contributed by atoms with Crippen LogP contribution in [0.2, 0.25) is 0 Å². The van der Waals surface area contributed by atoms with Crippen LogP contribution in [0.4, 0.5) is 17.3 Å².